The van der Waals surface area contributed by atoms with Gasteiger partial charge in [0.05, 0.1) is 6.20 Å². The third-order valence-corrected chi connectivity index (χ3v) is 3.90. The van der Waals surface area contributed by atoms with Gasteiger partial charge in [0.2, 0.25) is 5.91 Å². The van der Waals surface area contributed by atoms with Crippen LogP contribution in [0.2, 0.25) is 0 Å². The molecule has 1 heterocycles. The molecule has 1 aromatic heterocycles. The van der Waals surface area contributed by atoms with Crippen LogP contribution in [0.3, 0.4) is 0 Å². The molecule has 2 N–H and O–H groups in total. The van der Waals surface area contributed by atoms with Crippen LogP contribution >= 0.6 is 0 Å². The number of amides is 1. The van der Waals surface area contributed by atoms with Gasteiger partial charge in [0.15, 0.2) is 0 Å². The normalized spacial score (nSPS) is 17.4. The molecule has 0 spiro atoms. The van der Waals surface area contributed by atoms with Crippen LogP contribution in [0.4, 0.5) is 5.82 Å². The molecule has 1 aliphatic carbocycles. The van der Waals surface area contributed by atoms with Crippen molar-refractivity contribution < 1.29 is 4.79 Å². The van der Waals surface area contributed by atoms with E-state index in [1.807, 2.05) is 6.92 Å². The van der Waals surface area contributed by atoms with Crippen LogP contribution in [-0.2, 0) is 4.79 Å². The first kappa shape index (κ1) is 14.8. The summed E-state index contributed by atoms with van der Waals surface area (Å²) in [5, 5.41) is 6.20. The van der Waals surface area contributed by atoms with Gasteiger partial charge in [-0.3, -0.25) is 9.78 Å². The lowest BCUT2D eigenvalue weighted by atomic mass is 9.89. The fourth-order valence-electron chi connectivity index (χ4n) is 2.66. The number of nitrogens with zero attached hydrogens (tertiary/aromatic N) is 2. The van der Waals surface area contributed by atoms with Gasteiger partial charge in [-0.2, -0.15) is 0 Å². The summed E-state index contributed by atoms with van der Waals surface area (Å²) in [5.74, 6) is 1.36. The van der Waals surface area contributed by atoms with Gasteiger partial charge in [-0.1, -0.05) is 26.2 Å². The molecule has 1 amide bonds. The van der Waals surface area contributed by atoms with Gasteiger partial charge in [0.1, 0.15) is 11.9 Å². The molecule has 2 rings (SSSR count). The lowest BCUT2D eigenvalue weighted by Gasteiger charge is -2.23. The molecule has 20 heavy (non-hydrogen) atoms. The van der Waals surface area contributed by atoms with Gasteiger partial charge in [-0.15, -0.1) is 0 Å². The zero-order valence-electron chi connectivity index (χ0n) is 12.1. The number of nitrogens with one attached hydrogen (secondary N) is 2. The topological polar surface area (TPSA) is 66.9 Å². The molecule has 0 aliphatic heterocycles. The van der Waals surface area contributed by atoms with E-state index in [9.17, 15) is 4.79 Å². The number of anilines is 1. The van der Waals surface area contributed by atoms with Gasteiger partial charge in [-0.25, -0.2) is 4.98 Å². The van der Waals surface area contributed by atoms with Gasteiger partial charge in [0.25, 0.3) is 0 Å². The van der Waals surface area contributed by atoms with Crippen molar-refractivity contribution in [3.63, 3.8) is 0 Å². The summed E-state index contributed by atoms with van der Waals surface area (Å²) in [4.78, 5) is 20.3. The Kier molecular flexibility index (Phi) is 5.77. The molecule has 0 radical (unpaired) electrons. The van der Waals surface area contributed by atoms with Gasteiger partial charge < -0.3 is 10.6 Å². The number of carbonyl (C=O) groups is 1. The number of rotatable bonds is 6. The smallest absolute Gasteiger partial charge is 0.242 e. The van der Waals surface area contributed by atoms with Crippen molar-refractivity contribution in [2.45, 2.75) is 51.5 Å². The van der Waals surface area contributed by atoms with Crippen molar-refractivity contribution in [1.29, 1.82) is 0 Å². The average molecular weight is 276 g/mol. The standard InChI is InChI=1S/C15H24N4O/c1-2-13(19-14-11-16-8-9-17-14)15(20)18-10-12-6-4-3-5-7-12/h8-9,11-13H,2-7,10H2,1H3,(H,17,19)(H,18,20)/t13-/m1/s1. The highest BCUT2D eigenvalue weighted by atomic mass is 16.2. The third-order valence-electron chi connectivity index (χ3n) is 3.90. The highest BCUT2D eigenvalue weighted by Gasteiger charge is 2.19. The molecule has 0 saturated heterocycles. The molecule has 1 fully saturated rings. The lowest BCUT2D eigenvalue weighted by Crippen LogP contribution is -2.41. The quantitative estimate of drug-likeness (QED) is 0.837. The summed E-state index contributed by atoms with van der Waals surface area (Å²) in [6.07, 6.45) is 12.0. The maximum atomic E-state index is 12.2. The van der Waals surface area contributed by atoms with Crippen molar-refractivity contribution >= 4 is 11.7 Å². The van der Waals surface area contributed by atoms with Crippen molar-refractivity contribution in [1.82, 2.24) is 15.3 Å². The number of carbonyl (C=O) groups excluding carboxylic acids is 1. The van der Waals surface area contributed by atoms with E-state index in [-0.39, 0.29) is 11.9 Å². The van der Waals surface area contributed by atoms with Crippen LogP contribution in [0.1, 0.15) is 45.4 Å². The maximum absolute atomic E-state index is 12.2. The van der Waals surface area contributed by atoms with Gasteiger partial charge >= 0.3 is 0 Å². The first-order chi connectivity index (χ1) is 9.79. The van der Waals surface area contributed by atoms with Crippen molar-refractivity contribution in [3.05, 3.63) is 18.6 Å². The third kappa shape index (κ3) is 4.47. The molecule has 1 saturated carbocycles. The van der Waals surface area contributed by atoms with Gasteiger partial charge in [-0.05, 0) is 25.2 Å². The zero-order chi connectivity index (χ0) is 14.2. The Morgan fingerprint density at radius 1 is 1.35 bits per heavy atom. The van der Waals surface area contributed by atoms with Crippen LogP contribution < -0.4 is 10.6 Å². The summed E-state index contributed by atoms with van der Waals surface area (Å²) >= 11 is 0. The number of hydrogen-bond acceptors (Lipinski definition) is 4. The van der Waals surface area contributed by atoms with E-state index in [1.54, 1.807) is 18.6 Å². The minimum atomic E-state index is -0.240. The Balaban J connectivity index is 1.79. The Hall–Kier alpha value is -1.65. The van der Waals surface area contributed by atoms with E-state index in [0.29, 0.717) is 11.7 Å². The molecule has 1 atom stereocenters. The fourth-order valence-corrected chi connectivity index (χ4v) is 2.66. The average Bonchev–Trinajstić information content (AvgIpc) is 2.52. The molecular formula is C15H24N4O. The van der Waals surface area contributed by atoms with Crippen molar-refractivity contribution in [2.24, 2.45) is 5.92 Å². The SMILES string of the molecule is CC[C@@H](Nc1cnccn1)C(=O)NCC1CCCCC1. The molecule has 1 aromatic rings. The van der Waals surface area contributed by atoms with Crippen LogP contribution in [-0.4, -0.2) is 28.5 Å². The molecule has 110 valence electrons. The number of hydrogen-bond donors (Lipinski definition) is 2. The molecule has 0 aromatic carbocycles. The first-order valence-electron chi connectivity index (χ1n) is 7.60. The lowest BCUT2D eigenvalue weighted by molar-refractivity contribution is -0.122. The molecule has 0 bridgehead atoms. The van der Waals surface area contributed by atoms with Gasteiger partial charge in [0, 0.05) is 18.9 Å². The minimum Gasteiger partial charge on any atom is -0.357 e. The fraction of sp³-hybridized carbons (Fsp3) is 0.667. The highest BCUT2D eigenvalue weighted by Crippen LogP contribution is 2.22. The largest absolute Gasteiger partial charge is 0.357 e. The predicted molar refractivity (Wildman–Crippen MR) is 79.3 cm³/mol. The van der Waals surface area contributed by atoms with Crippen molar-refractivity contribution in [2.75, 3.05) is 11.9 Å². The Morgan fingerprint density at radius 2 is 2.15 bits per heavy atom. The second-order valence-corrected chi connectivity index (χ2v) is 5.45. The summed E-state index contributed by atoms with van der Waals surface area (Å²) in [6, 6.07) is -0.240. The molecular weight excluding hydrogens is 252 g/mol. The Morgan fingerprint density at radius 3 is 2.80 bits per heavy atom. The minimum absolute atomic E-state index is 0.0590. The van der Waals surface area contributed by atoms with Crippen molar-refractivity contribution in [3.8, 4) is 0 Å². The Labute approximate surface area is 120 Å². The first-order valence-corrected chi connectivity index (χ1v) is 7.60. The van der Waals surface area contributed by atoms with E-state index < -0.39 is 0 Å². The van der Waals surface area contributed by atoms with Crippen LogP contribution in [0.15, 0.2) is 18.6 Å². The summed E-state index contributed by atoms with van der Waals surface area (Å²) in [6.45, 7) is 2.80. The monoisotopic (exact) mass is 276 g/mol. The maximum Gasteiger partial charge on any atom is 0.242 e. The molecule has 5 heteroatoms. The second kappa shape index (κ2) is 7.82. The van der Waals surface area contributed by atoms with Crippen LogP contribution in [0.5, 0.6) is 0 Å². The van der Waals surface area contributed by atoms with E-state index >= 15 is 0 Å². The molecule has 0 unspecified atom stereocenters. The van der Waals surface area contributed by atoms with Crippen LogP contribution in [0, 0.1) is 5.92 Å². The second-order valence-electron chi connectivity index (χ2n) is 5.45. The summed E-state index contributed by atoms with van der Waals surface area (Å²) in [7, 11) is 0. The van der Waals surface area contributed by atoms with E-state index in [0.717, 1.165) is 13.0 Å². The van der Waals surface area contributed by atoms with E-state index in [1.165, 1.54) is 32.1 Å². The van der Waals surface area contributed by atoms with E-state index in [4.69, 9.17) is 0 Å². The van der Waals surface area contributed by atoms with Crippen LogP contribution in [0.25, 0.3) is 0 Å². The van der Waals surface area contributed by atoms with E-state index in [2.05, 4.69) is 20.6 Å². The highest BCUT2D eigenvalue weighted by molar-refractivity contribution is 5.84. The molecule has 5 nitrogen and oxygen atoms in total. The molecule has 1 aliphatic rings. The summed E-state index contributed by atoms with van der Waals surface area (Å²) < 4.78 is 0. The summed E-state index contributed by atoms with van der Waals surface area (Å²) in [5.41, 5.74) is 0. The predicted octanol–water partition coefficient (Wildman–Crippen LogP) is 2.36. The number of aromatic nitrogens is 2. The zero-order valence-corrected chi connectivity index (χ0v) is 12.1. The Bertz CT molecular complexity index is 404.